The first kappa shape index (κ1) is 28.0. The van der Waals surface area contributed by atoms with Crippen molar-refractivity contribution in [3.05, 3.63) is 12.7 Å². The molecule has 0 N–H and O–H groups in total. The van der Waals surface area contributed by atoms with Gasteiger partial charge in [-0.15, -0.1) is 0 Å². The second-order valence-corrected chi connectivity index (χ2v) is 10.9. The van der Waals surface area contributed by atoms with Crippen molar-refractivity contribution in [3.8, 4) is 0 Å². The Labute approximate surface area is 208 Å². The van der Waals surface area contributed by atoms with Crippen molar-refractivity contribution in [2.75, 3.05) is 6.61 Å². The van der Waals surface area contributed by atoms with E-state index in [9.17, 15) is 22.8 Å². The molecule has 35 heavy (non-hydrogen) atoms. The number of esters is 2. The summed E-state index contributed by atoms with van der Waals surface area (Å²) in [7, 11) is 0. The van der Waals surface area contributed by atoms with Crippen LogP contribution in [0.2, 0.25) is 0 Å². The third kappa shape index (κ3) is 8.82. The summed E-state index contributed by atoms with van der Waals surface area (Å²) >= 11 is 0. The Morgan fingerprint density at radius 3 is 1.83 bits per heavy atom. The van der Waals surface area contributed by atoms with Crippen LogP contribution in [0, 0.1) is 23.7 Å². The molecule has 0 saturated heterocycles. The molecule has 0 heterocycles. The number of rotatable bonds is 11. The van der Waals surface area contributed by atoms with E-state index in [1.165, 1.54) is 0 Å². The maximum Gasteiger partial charge on any atom is 0.330 e. The molecular formula is C28H43F3O4. The van der Waals surface area contributed by atoms with Gasteiger partial charge >= 0.3 is 11.9 Å². The Hall–Kier alpha value is -1.53. The largest absolute Gasteiger partial charge is 0.463 e. The maximum absolute atomic E-state index is 13.8. The Morgan fingerprint density at radius 2 is 1.26 bits per heavy atom. The third-order valence-electron chi connectivity index (χ3n) is 8.60. The highest BCUT2D eigenvalue weighted by Gasteiger charge is 2.42. The van der Waals surface area contributed by atoms with E-state index in [4.69, 9.17) is 9.47 Å². The first-order chi connectivity index (χ1) is 16.9. The lowest BCUT2D eigenvalue weighted by atomic mass is 9.66. The highest BCUT2D eigenvalue weighted by Crippen LogP contribution is 2.46. The van der Waals surface area contributed by atoms with Gasteiger partial charge in [-0.25, -0.2) is 18.0 Å². The van der Waals surface area contributed by atoms with E-state index in [0.717, 1.165) is 83.1 Å². The van der Waals surface area contributed by atoms with Crippen LogP contribution in [0.15, 0.2) is 12.7 Å². The van der Waals surface area contributed by atoms with Gasteiger partial charge in [-0.05, 0) is 101 Å². The lowest BCUT2D eigenvalue weighted by Gasteiger charge is -2.41. The maximum atomic E-state index is 13.8. The highest BCUT2D eigenvalue weighted by atomic mass is 19.2. The monoisotopic (exact) mass is 500 g/mol. The minimum absolute atomic E-state index is 0.0158. The number of unbranched alkanes of at least 4 members (excludes halogenated alkanes) is 3. The molecule has 3 aliphatic carbocycles. The minimum Gasteiger partial charge on any atom is -0.463 e. The van der Waals surface area contributed by atoms with E-state index in [-0.39, 0.29) is 30.8 Å². The smallest absolute Gasteiger partial charge is 0.330 e. The van der Waals surface area contributed by atoms with Crippen LogP contribution >= 0.6 is 0 Å². The predicted octanol–water partition coefficient (Wildman–Crippen LogP) is 7.00. The second-order valence-electron chi connectivity index (χ2n) is 10.9. The van der Waals surface area contributed by atoms with Gasteiger partial charge in [-0.1, -0.05) is 19.4 Å². The molecule has 0 aromatic rings. The predicted molar refractivity (Wildman–Crippen MR) is 129 cm³/mol. The van der Waals surface area contributed by atoms with E-state index < -0.39 is 24.5 Å². The number of carbonyl (C=O) groups is 2. The number of halogens is 3. The Kier molecular flexibility index (Phi) is 11.4. The van der Waals surface area contributed by atoms with Gasteiger partial charge in [-0.2, -0.15) is 0 Å². The van der Waals surface area contributed by atoms with Gasteiger partial charge in [0.25, 0.3) is 0 Å². The molecule has 0 aromatic heterocycles. The molecule has 3 saturated carbocycles. The third-order valence-corrected chi connectivity index (χ3v) is 8.60. The molecule has 0 amide bonds. The molecule has 7 heteroatoms. The first-order valence-electron chi connectivity index (χ1n) is 13.8. The standard InChI is InChI=1S/C28H43F3O4/c1-2-26(32)34-16-6-4-3-5-7-27(33)35-23-14-12-20(13-15-23)19-8-10-21(11-9-19)22-17-24(29)28(31)25(30)18-22/h2,19-25,28H,1,3-18H2. The summed E-state index contributed by atoms with van der Waals surface area (Å²) in [5.74, 6) is 1.08. The number of ether oxygens (including phenoxy) is 2. The number of hydrogen-bond acceptors (Lipinski definition) is 4. The summed E-state index contributed by atoms with van der Waals surface area (Å²) in [5.41, 5.74) is 0. The van der Waals surface area contributed by atoms with Gasteiger partial charge in [0.05, 0.1) is 6.61 Å². The fourth-order valence-corrected chi connectivity index (χ4v) is 6.51. The van der Waals surface area contributed by atoms with Gasteiger partial charge < -0.3 is 9.47 Å². The molecule has 0 aromatic carbocycles. The Bertz CT molecular complexity index is 659. The van der Waals surface area contributed by atoms with Crippen LogP contribution in [-0.2, 0) is 19.1 Å². The molecule has 3 rings (SSSR count). The molecule has 4 nitrogen and oxygen atoms in total. The fourth-order valence-electron chi connectivity index (χ4n) is 6.51. The SMILES string of the molecule is C=CC(=O)OCCCCCCC(=O)OC1CCC(C2CCC(C3CC(F)C(F)C(F)C3)CC2)CC1. The minimum atomic E-state index is -1.94. The normalized spacial score (nSPS) is 35.7. The zero-order valence-corrected chi connectivity index (χ0v) is 21.0. The van der Waals surface area contributed by atoms with Crippen molar-refractivity contribution in [1.82, 2.24) is 0 Å². The lowest BCUT2D eigenvalue weighted by molar-refractivity contribution is -0.151. The highest BCUT2D eigenvalue weighted by molar-refractivity contribution is 5.81. The Balaban J connectivity index is 1.24. The van der Waals surface area contributed by atoms with Crippen molar-refractivity contribution >= 4 is 11.9 Å². The molecule has 0 aliphatic heterocycles. The van der Waals surface area contributed by atoms with Gasteiger partial charge in [0.1, 0.15) is 18.4 Å². The number of carbonyl (C=O) groups excluding carboxylic acids is 2. The van der Waals surface area contributed by atoms with Crippen LogP contribution in [0.3, 0.4) is 0 Å². The average Bonchev–Trinajstić information content (AvgIpc) is 2.86. The second kappa shape index (κ2) is 14.3. The quantitative estimate of drug-likeness (QED) is 0.174. The topological polar surface area (TPSA) is 52.6 Å². The van der Waals surface area contributed by atoms with Crippen LogP contribution in [0.4, 0.5) is 13.2 Å². The molecule has 200 valence electrons. The van der Waals surface area contributed by atoms with Gasteiger partial charge in [0.2, 0.25) is 0 Å². The summed E-state index contributed by atoms with van der Waals surface area (Å²) in [6, 6.07) is 0. The number of hydrogen-bond donors (Lipinski definition) is 0. The van der Waals surface area contributed by atoms with E-state index in [2.05, 4.69) is 6.58 Å². The van der Waals surface area contributed by atoms with Crippen LogP contribution in [0.5, 0.6) is 0 Å². The van der Waals surface area contributed by atoms with E-state index in [1.54, 1.807) is 0 Å². The van der Waals surface area contributed by atoms with Crippen molar-refractivity contribution in [2.45, 2.75) is 121 Å². The zero-order valence-electron chi connectivity index (χ0n) is 21.0. The van der Waals surface area contributed by atoms with Gasteiger partial charge in [0.15, 0.2) is 6.17 Å². The van der Waals surface area contributed by atoms with Crippen LogP contribution in [0.1, 0.15) is 96.3 Å². The molecule has 3 fully saturated rings. The molecule has 0 radical (unpaired) electrons. The summed E-state index contributed by atoms with van der Waals surface area (Å²) in [5, 5.41) is 0. The van der Waals surface area contributed by atoms with Crippen molar-refractivity contribution in [1.29, 1.82) is 0 Å². The molecule has 0 bridgehead atoms. The summed E-state index contributed by atoms with van der Waals surface area (Å²) in [6.45, 7) is 3.74. The molecular weight excluding hydrogens is 457 g/mol. The molecule has 0 spiro atoms. The number of alkyl halides is 3. The average molecular weight is 501 g/mol. The summed E-state index contributed by atoms with van der Waals surface area (Å²) < 4.78 is 51.8. The fraction of sp³-hybridized carbons (Fsp3) is 0.857. The van der Waals surface area contributed by atoms with Crippen LogP contribution < -0.4 is 0 Å². The summed E-state index contributed by atoms with van der Waals surface area (Å²) in [4.78, 5) is 23.1. The van der Waals surface area contributed by atoms with Crippen molar-refractivity contribution in [2.24, 2.45) is 23.7 Å². The lowest BCUT2D eigenvalue weighted by Crippen LogP contribution is -2.40. The van der Waals surface area contributed by atoms with Crippen molar-refractivity contribution in [3.63, 3.8) is 0 Å². The van der Waals surface area contributed by atoms with E-state index in [1.807, 2.05) is 0 Å². The molecule has 2 unspecified atom stereocenters. The van der Waals surface area contributed by atoms with Crippen LogP contribution in [0.25, 0.3) is 0 Å². The first-order valence-corrected chi connectivity index (χ1v) is 13.8. The summed E-state index contributed by atoms with van der Waals surface area (Å²) in [6.07, 6.45) is 8.27. The van der Waals surface area contributed by atoms with Gasteiger partial charge in [-0.3, -0.25) is 4.79 Å². The van der Waals surface area contributed by atoms with Crippen LogP contribution in [-0.4, -0.2) is 43.2 Å². The Morgan fingerprint density at radius 1 is 0.743 bits per heavy atom. The van der Waals surface area contributed by atoms with Gasteiger partial charge in [0, 0.05) is 12.5 Å². The molecule has 2 atom stereocenters. The van der Waals surface area contributed by atoms with E-state index in [0.29, 0.717) is 30.8 Å². The van der Waals surface area contributed by atoms with E-state index >= 15 is 0 Å². The van der Waals surface area contributed by atoms with Crippen molar-refractivity contribution < 1.29 is 32.2 Å². The molecule has 3 aliphatic rings. The zero-order chi connectivity index (χ0) is 25.2.